The van der Waals surface area contributed by atoms with Gasteiger partial charge < -0.3 is 19.3 Å². The highest BCUT2D eigenvalue weighted by Crippen LogP contribution is 2.31. The first-order chi connectivity index (χ1) is 18.3. The second kappa shape index (κ2) is 11.7. The molecule has 9 nitrogen and oxygen atoms in total. The van der Waals surface area contributed by atoms with Gasteiger partial charge in [0.1, 0.15) is 18.1 Å². The number of fused-ring (bicyclic) bond motifs is 1. The number of aromatic nitrogens is 1. The molecule has 196 valence electrons. The molecule has 3 aromatic rings. The van der Waals surface area contributed by atoms with E-state index in [1.807, 2.05) is 0 Å². The number of ether oxygens (including phenoxy) is 3. The number of hydrogen-bond donors (Lipinski definition) is 1. The summed E-state index contributed by atoms with van der Waals surface area (Å²) in [7, 11) is 0. The molecular formula is C28H26N2O7S. The molecule has 2 heterocycles. The highest BCUT2D eigenvalue weighted by atomic mass is 32.1. The van der Waals surface area contributed by atoms with Crippen molar-refractivity contribution in [1.29, 1.82) is 0 Å². The van der Waals surface area contributed by atoms with Gasteiger partial charge >= 0.3 is 11.9 Å². The molecule has 2 aromatic carbocycles. The molecular weight excluding hydrogens is 508 g/mol. The quantitative estimate of drug-likeness (QED) is 0.314. The van der Waals surface area contributed by atoms with Gasteiger partial charge in [0.25, 0.3) is 5.56 Å². The van der Waals surface area contributed by atoms with Gasteiger partial charge in [0.2, 0.25) is 0 Å². The van der Waals surface area contributed by atoms with Crippen LogP contribution in [0.15, 0.2) is 82.2 Å². The number of carboxylic acid groups (broad SMARTS) is 1. The predicted molar refractivity (Wildman–Crippen MR) is 142 cm³/mol. The van der Waals surface area contributed by atoms with Crippen molar-refractivity contribution >= 4 is 29.4 Å². The molecule has 4 rings (SSSR count). The van der Waals surface area contributed by atoms with E-state index in [9.17, 15) is 14.4 Å². The molecule has 0 radical (unpaired) electrons. The fraction of sp³-hybridized carbons (Fsp3) is 0.214. The van der Waals surface area contributed by atoms with Crippen molar-refractivity contribution in [2.24, 2.45) is 4.99 Å². The third kappa shape index (κ3) is 5.76. The molecule has 0 saturated heterocycles. The van der Waals surface area contributed by atoms with Gasteiger partial charge in [-0.1, -0.05) is 48.3 Å². The number of allylic oxidation sites excluding steroid dienone is 1. The van der Waals surface area contributed by atoms with Crippen LogP contribution in [0.3, 0.4) is 0 Å². The molecule has 1 aliphatic heterocycles. The molecule has 1 aliphatic rings. The van der Waals surface area contributed by atoms with E-state index in [-0.39, 0.29) is 17.7 Å². The maximum atomic E-state index is 13.7. The first-order valence-electron chi connectivity index (χ1n) is 11.8. The first-order valence-corrected chi connectivity index (χ1v) is 12.6. The zero-order valence-corrected chi connectivity index (χ0v) is 21.7. The van der Waals surface area contributed by atoms with Gasteiger partial charge in [-0.15, -0.1) is 0 Å². The highest BCUT2D eigenvalue weighted by molar-refractivity contribution is 7.07. The molecule has 1 atom stereocenters. The molecule has 10 heteroatoms. The third-order valence-electron chi connectivity index (χ3n) is 5.60. The minimum absolute atomic E-state index is 0.182. The minimum Gasteiger partial charge on any atom is -0.490 e. The lowest BCUT2D eigenvalue weighted by Gasteiger charge is -2.24. The molecule has 0 aliphatic carbocycles. The topological polar surface area (TPSA) is 116 Å². The zero-order valence-electron chi connectivity index (χ0n) is 20.9. The average molecular weight is 535 g/mol. The number of aliphatic carboxylic acids is 1. The van der Waals surface area contributed by atoms with Crippen LogP contribution in [-0.2, 0) is 14.3 Å². The summed E-state index contributed by atoms with van der Waals surface area (Å²) in [4.78, 5) is 42.6. The predicted octanol–water partition coefficient (Wildman–Crippen LogP) is 2.83. The first kappa shape index (κ1) is 26.6. The summed E-state index contributed by atoms with van der Waals surface area (Å²) >= 11 is 1.20. The van der Waals surface area contributed by atoms with E-state index in [0.29, 0.717) is 44.3 Å². The van der Waals surface area contributed by atoms with Gasteiger partial charge in [-0.05, 0) is 55.3 Å². The highest BCUT2D eigenvalue weighted by Gasteiger charge is 2.33. The molecule has 0 bridgehead atoms. The smallest absolute Gasteiger partial charge is 0.341 e. The number of thiazole rings is 1. The monoisotopic (exact) mass is 534 g/mol. The van der Waals surface area contributed by atoms with Crippen LogP contribution in [0.1, 0.15) is 31.0 Å². The summed E-state index contributed by atoms with van der Waals surface area (Å²) in [6, 6.07) is 13.2. The lowest BCUT2D eigenvalue weighted by Crippen LogP contribution is -2.39. The Bertz CT molecular complexity index is 1580. The van der Waals surface area contributed by atoms with Crippen LogP contribution >= 0.6 is 11.3 Å². The zero-order chi connectivity index (χ0) is 27.2. The number of carboxylic acids is 1. The maximum absolute atomic E-state index is 13.7. The van der Waals surface area contributed by atoms with Crippen LogP contribution in [0.4, 0.5) is 0 Å². The fourth-order valence-electron chi connectivity index (χ4n) is 4.00. The number of benzene rings is 2. The lowest BCUT2D eigenvalue weighted by atomic mass is 9.96. The fourth-order valence-corrected chi connectivity index (χ4v) is 5.05. The summed E-state index contributed by atoms with van der Waals surface area (Å²) in [5, 5.41) is 8.86. The SMILES string of the molecule is C=CCOc1ccc([C@@H]2C(C(=O)OCC)=C(C)N=c3s/c(=C\c4cccc(OCC(=O)O)c4)c(=O)n32)cc1. The van der Waals surface area contributed by atoms with E-state index in [1.54, 1.807) is 74.5 Å². The number of carbonyl (C=O) groups excluding carboxylic acids is 1. The number of esters is 1. The van der Waals surface area contributed by atoms with Gasteiger partial charge in [0.05, 0.1) is 28.5 Å². The number of hydrogen-bond acceptors (Lipinski definition) is 8. The summed E-state index contributed by atoms with van der Waals surface area (Å²) < 4.78 is 18.1. The van der Waals surface area contributed by atoms with Gasteiger partial charge in [0.15, 0.2) is 11.4 Å². The Kier molecular flexibility index (Phi) is 8.22. The third-order valence-corrected chi connectivity index (χ3v) is 6.58. The van der Waals surface area contributed by atoms with Crippen molar-refractivity contribution < 1.29 is 28.9 Å². The molecule has 0 spiro atoms. The van der Waals surface area contributed by atoms with Crippen LogP contribution in [-0.4, -0.2) is 41.4 Å². The Morgan fingerprint density at radius 1 is 1.16 bits per heavy atom. The van der Waals surface area contributed by atoms with Crippen LogP contribution in [0.2, 0.25) is 0 Å². The Morgan fingerprint density at radius 2 is 1.92 bits per heavy atom. The average Bonchev–Trinajstić information content (AvgIpc) is 3.20. The van der Waals surface area contributed by atoms with E-state index < -0.39 is 24.6 Å². The molecule has 0 amide bonds. The molecule has 38 heavy (non-hydrogen) atoms. The second-order valence-electron chi connectivity index (χ2n) is 8.23. The van der Waals surface area contributed by atoms with E-state index in [4.69, 9.17) is 19.3 Å². The molecule has 0 unspecified atom stereocenters. The summed E-state index contributed by atoms with van der Waals surface area (Å²) in [5.41, 5.74) is 1.79. The van der Waals surface area contributed by atoms with Gasteiger partial charge in [0, 0.05) is 0 Å². The van der Waals surface area contributed by atoms with E-state index >= 15 is 0 Å². The Hall–Kier alpha value is -4.44. The Balaban J connectivity index is 1.82. The van der Waals surface area contributed by atoms with E-state index in [0.717, 1.165) is 0 Å². The van der Waals surface area contributed by atoms with Crippen molar-refractivity contribution in [3.63, 3.8) is 0 Å². The van der Waals surface area contributed by atoms with Crippen molar-refractivity contribution in [2.75, 3.05) is 19.8 Å². The summed E-state index contributed by atoms with van der Waals surface area (Å²) in [5.74, 6) is -0.629. The van der Waals surface area contributed by atoms with Gasteiger partial charge in [-0.25, -0.2) is 14.6 Å². The lowest BCUT2D eigenvalue weighted by molar-refractivity contribution is -0.140. The minimum atomic E-state index is -1.09. The van der Waals surface area contributed by atoms with E-state index in [1.165, 1.54) is 15.9 Å². The van der Waals surface area contributed by atoms with Crippen LogP contribution in [0.25, 0.3) is 6.08 Å². The number of carbonyl (C=O) groups is 2. The van der Waals surface area contributed by atoms with Crippen LogP contribution in [0, 0.1) is 0 Å². The molecule has 1 aromatic heterocycles. The van der Waals surface area contributed by atoms with Crippen molar-refractivity contribution in [1.82, 2.24) is 4.57 Å². The molecule has 1 N–H and O–H groups in total. The number of rotatable bonds is 10. The standard InChI is InChI=1S/C28H26N2O7S/c1-4-13-36-20-11-9-19(10-12-20)25-24(27(34)35-5-2)17(3)29-28-30(25)26(33)22(38-28)15-18-7-6-8-21(14-18)37-16-23(31)32/h4,6-12,14-15,25H,1,5,13,16H2,2-3H3,(H,31,32)/b22-15-/t25-/m1/s1. The van der Waals surface area contributed by atoms with Crippen LogP contribution in [0.5, 0.6) is 11.5 Å². The van der Waals surface area contributed by atoms with Gasteiger partial charge in [-0.2, -0.15) is 0 Å². The van der Waals surface area contributed by atoms with Gasteiger partial charge in [-0.3, -0.25) is 9.36 Å². The Labute approximate surface area is 222 Å². The normalized spacial score (nSPS) is 14.9. The van der Waals surface area contributed by atoms with Crippen molar-refractivity contribution in [3.8, 4) is 11.5 Å². The number of nitrogens with zero attached hydrogens (tertiary/aromatic N) is 2. The van der Waals surface area contributed by atoms with E-state index in [2.05, 4.69) is 11.6 Å². The summed E-state index contributed by atoms with van der Waals surface area (Å²) in [6.07, 6.45) is 3.33. The Morgan fingerprint density at radius 3 is 2.61 bits per heavy atom. The summed E-state index contributed by atoms with van der Waals surface area (Å²) in [6.45, 7) is 7.15. The molecule has 0 fully saturated rings. The second-order valence-corrected chi connectivity index (χ2v) is 9.23. The van der Waals surface area contributed by atoms with Crippen LogP contribution < -0.4 is 24.4 Å². The molecule has 0 saturated carbocycles. The van der Waals surface area contributed by atoms with Crippen molar-refractivity contribution in [2.45, 2.75) is 19.9 Å². The maximum Gasteiger partial charge on any atom is 0.341 e. The largest absolute Gasteiger partial charge is 0.490 e. The van der Waals surface area contributed by atoms with Crippen molar-refractivity contribution in [3.05, 3.63) is 103 Å².